The number of nitrogens with two attached hydrogens (primary N) is 1. The summed E-state index contributed by atoms with van der Waals surface area (Å²) in [7, 11) is 0. The van der Waals surface area contributed by atoms with Gasteiger partial charge in [0.25, 0.3) is 0 Å². The molecule has 3 nitrogen and oxygen atoms in total. The highest BCUT2D eigenvalue weighted by Crippen LogP contribution is 2.32. The minimum absolute atomic E-state index is 0.241. The van der Waals surface area contributed by atoms with E-state index in [2.05, 4.69) is 21.1 Å². The molecular weight excluding hydrogens is 287 g/mol. The zero-order chi connectivity index (χ0) is 12.6. The van der Waals surface area contributed by atoms with Crippen LogP contribution in [-0.2, 0) is 0 Å². The SMILES string of the molecule is CC(C)c1cc(Br)c(F)c(-c2cc(N)no2)c1. The van der Waals surface area contributed by atoms with Crippen LogP contribution >= 0.6 is 15.9 Å². The summed E-state index contributed by atoms with van der Waals surface area (Å²) in [5.41, 5.74) is 6.85. The van der Waals surface area contributed by atoms with E-state index >= 15 is 0 Å². The molecule has 0 saturated heterocycles. The van der Waals surface area contributed by atoms with Gasteiger partial charge >= 0.3 is 0 Å². The van der Waals surface area contributed by atoms with Crippen molar-refractivity contribution in [2.24, 2.45) is 0 Å². The van der Waals surface area contributed by atoms with Crippen molar-refractivity contribution in [3.8, 4) is 11.3 Å². The molecule has 5 heteroatoms. The van der Waals surface area contributed by atoms with Crippen molar-refractivity contribution in [3.63, 3.8) is 0 Å². The first kappa shape index (κ1) is 12.1. The topological polar surface area (TPSA) is 52.0 Å². The quantitative estimate of drug-likeness (QED) is 0.913. The maximum atomic E-state index is 14.0. The second-order valence-electron chi connectivity index (χ2n) is 4.13. The van der Waals surface area contributed by atoms with E-state index in [1.54, 1.807) is 12.1 Å². The number of benzene rings is 1. The Morgan fingerprint density at radius 3 is 2.59 bits per heavy atom. The van der Waals surface area contributed by atoms with Crippen molar-refractivity contribution in [1.82, 2.24) is 5.16 Å². The number of aromatic nitrogens is 1. The van der Waals surface area contributed by atoms with Crippen LogP contribution in [0.5, 0.6) is 0 Å². The summed E-state index contributed by atoms with van der Waals surface area (Å²) in [6.07, 6.45) is 0. The minimum Gasteiger partial charge on any atom is -0.381 e. The summed E-state index contributed by atoms with van der Waals surface area (Å²) in [4.78, 5) is 0. The van der Waals surface area contributed by atoms with Crippen LogP contribution in [0.2, 0.25) is 0 Å². The number of nitrogen functional groups attached to an aromatic ring is 1. The fraction of sp³-hybridized carbons (Fsp3) is 0.250. The molecule has 1 aromatic heterocycles. The van der Waals surface area contributed by atoms with Crippen LogP contribution in [0.3, 0.4) is 0 Å². The van der Waals surface area contributed by atoms with Gasteiger partial charge < -0.3 is 10.3 Å². The minimum atomic E-state index is -0.370. The highest BCUT2D eigenvalue weighted by atomic mass is 79.9. The Balaban J connectivity index is 2.60. The normalized spacial score (nSPS) is 11.1. The zero-order valence-corrected chi connectivity index (χ0v) is 11.1. The van der Waals surface area contributed by atoms with Crippen molar-refractivity contribution in [2.75, 3.05) is 5.73 Å². The molecule has 0 spiro atoms. The largest absolute Gasteiger partial charge is 0.381 e. The van der Waals surface area contributed by atoms with E-state index in [1.165, 1.54) is 6.07 Å². The fourth-order valence-corrected chi connectivity index (χ4v) is 2.02. The third-order valence-corrected chi connectivity index (χ3v) is 3.09. The van der Waals surface area contributed by atoms with E-state index in [9.17, 15) is 4.39 Å². The van der Waals surface area contributed by atoms with Gasteiger partial charge in [0.05, 0.1) is 10.0 Å². The third-order valence-electron chi connectivity index (χ3n) is 2.51. The van der Waals surface area contributed by atoms with Crippen molar-refractivity contribution >= 4 is 21.7 Å². The lowest BCUT2D eigenvalue weighted by atomic mass is 9.99. The van der Waals surface area contributed by atoms with Gasteiger partial charge in [0.2, 0.25) is 0 Å². The predicted molar refractivity (Wildman–Crippen MR) is 68.1 cm³/mol. The summed E-state index contributed by atoms with van der Waals surface area (Å²) in [6.45, 7) is 4.08. The highest BCUT2D eigenvalue weighted by molar-refractivity contribution is 9.10. The zero-order valence-electron chi connectivity index (χ0n) is 9.50. The van der Waals surface area contributed by atoms with E-state index in [0.29, 0.717) is 21.7 Å². The molecule has 0 saturated carbocycles. The highest BCUT2D eigenvalue weighted by Gasteiger charge is 2.16. The Morgan fingerprint density at radius 1 is 1.35 bits per heavy atom. The summed E-state index contributed by atoms with van der Waals surface area (Å²) >= 11 is 3.20. The lowest BCUT2D eigenvalue weighted by Crippen LogP contribution is -1.92. The number of hydrogen-bond acceptors (Lipinski definition) is 3. The van der Waals surface area contributed by atoms with Gasteiger partial charge in [-0.1, -0.05) is 19.0 Å². The third kappa shape index (κ3) is 2.34. The van der Waals surface area contributed by atoms with Crippen LogP contribution in [0.1, 0.15) is 25.3 Å². The van der Waals surface area contributed by atoms with E-state index in [0.717, 1.165) is 5.56 Å². The standard InChI is InChI=1S/C12H12BrFN2O/c1-6(2)7-3-8(12(14)9(13)4-7)10-5-11(15)16-17-10/h3-6H,1-2H3,(H2,15,16). The Kier molecular flexibility index (Phi) is 3.19. The molecule has 0 aliphatic rings. The number of anilines is 1. The number of rotatable bonds is 2. The molecule has 0 unspecified atom stereocenters. The molecule has 1 heterocycles. The molecule has 0 aliphatic heterocycles. The Bertz CT molecular complexity index is 551. The Labute approximate surface area is 107 Å². The number of hydrogen-bond donors (Lipinski definition) is 1. The Hall–Kier alpha value is -1.36. The average Bonchev–Trinajstić information content (AvgIpc) is 2.68. The van der Waals surface area contributed by atoms with Crippen LogP contribution in [0.25, 0.3) is 11.3 Å². The lowest BCUT2D eigenvalue weighted by Gasteiger charge is -2.09. The van der Waals surface area contributed by atoms with Crippen LogP contribution in [-0.4, -0.2) is 5.16 Å². The molecule has 0 radical (unpaired) electrons. The maximum Gasteiger partial charge on any atom is 0.172 e. The first-order chi connectivity index (χ1) is 7.99. The van der Waals surface area contributed by atoms with Crippen LogP contribution < -0.4 is 5.73 Å². The van der Waals surface area contributed by atoms with Gasteiger partial charge in [-0.3, -0.25) is 0 Å². The van der Waals surface area contributed by atoms with Crippen LogP contribution in [0, 0.1) is 5.82 Å². The molecule has 0 atom stereocenters. The van der Waals surface area contributed by atoms with Crippen LogP contribution in [0.4, 0.5) is 10.2 Å². The monoisotopic (exact) mass is 298 g/mol. The molecule has 17 heavy (non-hydrogen) atoms. The summed E-state index contributed by atoms with van der Waals surface area (Å²) in [6, 6.07) is 5.03. The van der Waals surface area contributed by atoms with Crippen molar-refractivity contribution < 1.29 is 8.91 Å². The Morgan fingerprint density at radius 2 is 2.06 bits per heavy atom. The van der Waals surface area contributed by atoms with Crippen LogP contribution in [0.15, 0.2) is 27.2 Å². The summed E-state index contributed by atoms with van der Waals surface area (Å²) in [5.74, 6) is 0.505. The van der Waals surface area contributed by atoms with Gasteiger partial charge in [-0.15, -0.1) is 0 Å². The summed E-state index contributed by atoms with van der Waals surface area (Å²) in [5, 5.41) is 3.56. The number of halogens is 2. The van der Waals surface area contributed by atoms with E-state index in [4.69, 9.17) is 10.3 Å². The van der Waals surface area contributed by atoms with Crippen molar-refractivity contribution in [1.29, 1.82) is 0 Å². The van der Waals surface area contributed by atoms with Crippen molar-refractivity contribution in [3.05, 3.63) is 34.1 Å². The molecular formula is C12H12BrFN2O. The lowest BCUT2D eigenvalue weighted by molar-refractivity contribution is 0.433. The van der Waals surface area contributed by atoms with Gasteiger partial charge in [0, 0.05) is 6.07 Å². The summed E-state index contributed by atoms with van der Waals surface area (Å²) < 4.78 is 19.4. The molecule has 0 fully saturated rings. The molecule has 0 bridgehead atoms. The second kappa shape index (κ2) is 4.49. The first-order valence-electron chi connectivity index (χ1n) is 5.20. The van der Waals surface area contributed by atoms with Gasteiger partial charge in [0.15, 0.2) is 11.6 Å². The molecule has 90 valence electrons. The molecule has 2 rings (SSSR count). The smallest absolute Gasteiger partial charge is 0.172 e. The molecule has 2 aromatic rings. The van der Waals surface area contributed by atoms with E-state index in [1.807, 2.05) is 13.8 Å². The molecule has 1 aromatic carbocycles. The van der Waals surface area contributed by atoms with Gasteiger partial charge in [-0.2, -0.15) is 0 Å². The van der Waals surface area contributed by atoms with Gasteiger partial charge in [-0.05, 0) is 39.5 Å². The van der Waals surface area contributed by atoms with Gasteiger partial charge in [0.1, 0.15) is 5.82 Å². The van der Waals surface area contributed by atoms with Gasteiger partial charge in [-0.25, -0.2) is 4.39 Å². The second-order valence-corrected chi connectivity index (χ2v) is 4.99. The first-order valence-corrected chi connectivity index (χ1v) is 6.00. The average molecular weight is 299 g/mol. The van der Waals surface area contributed by atoms with E-state index < -0.39 is 0 Å². The molecule has 0 amide bonds. The molecule has 2 N–H and O–H groups in total. The predicted octanol–water partition coefficient (Wildman–Crippen LogP) is 3.95. The van der Waals surface area contributed by atoms with Crippen molar-refractivity contribution in [2.45, 2.75) is 19.8 Å². The number of nitrogens with zero attached hydrogens (tertiary/aromatic N) is 1. The van der Waals surface area contributed by atoms with E-state index in [-0.39, 0.29) is 11.6 Å². The maximum absolute atomic E-state index is 14.0. The molecule has 0 aliphatic carbocycles. The fourth-order valence-electron chi connectivity index (χ4n) is 1.54.